The lowest BCUT2D eigenvalue weighted by Gasteiger charge is -2.21. The highest BCUT2D eigenvalue weighted by Gasteiger charge is 2.22. The molecule has 1 heterocycles. The molecule has 1 amide bonds. The zero-order valence-electron chi connectivity index (χ0n) is 17.5. The Bertz CT molecular complexity index is 1140. The summed E-state index contributed by atoms with van der Waals surface area (Å²) in [4.78, 5) is 12.6. The van der Waals surface area contributed by atoms with Crippen LogP contribution in [0.1, 0.15) is 47.8 Å². The normalized spacial score (nSPS) is 11.9. The van der Waals surface area contributed by atoms with E-state index < -0.39 is 10.0 Å². The molecule has 6 nitrogen and oxygen atoms in total. The highest BCUT2D eigenvalue weighted by molar-refractivity contribution is 7.92. The van der Waals surface area contributed by atoms with Crippen molar-refractivity contribution in [3.8, 4) is 0 Å². The van der Waals surface area contributed by atoms with Gasteiger partial charge in [-0.3, -0.25) is 9.52 Å². The van der Waals surface area contributed by atoms with E-state index in [1.807, 2.05) is 32.9 Å². The molecule has 0 aliphatic heterocycles. The van der Waals surface area contributed by atoms with Crippen LogP contribution in [-0.2, 0) is 22.0 Å². The summed E-state index contributed by atoms with van der Waals surface area (Å²) in [5, 5.41) is 2.78. The fourth-order valence-corrected chi connectivity index (χ4v) is 4.29. The number of hydrogen-bond acceptors (Lipinski definition) is 4. The van der Waals surface area contributed by atoms with Gasteiger partial charge in [-0.1, -0.05) is 39.0 Å². The Morgan fingerprint density at radius 2 is 1.83 bits per heavy atom. The third kappa shape index (κ3) is 5.10. The van der Waals surface area contributed by atoms with Gasteiger partial charge in [-0.2, -0.15) is 0 Å². The van der Waals surface area contributed by atoms with Crippen LogP contribution < -0.4 is 10.0 Å². The average molecular weight is 427 g/mol. The number of benzene rings is 2. The Morgan fingerprint density at radius 1 is 1.07 bits per heavy atom. The minimum atomic E-state index is -3.81. The van der Waals surface area contributed by atoms with Crippen LogP contribution >= 0.6 is 0 Å². The summed E-state index contributed by atoms with van der Waals surface area (Å²) in [5.41, 5.74) is 2.94. The van der Waals surface area contributed by atoms with Crippen molar-refractivity contribution in [2.24, 2.45) is 0 Å². The summed E-state index contributed by atoms with van der Waals surface area (Å²) in [7, 11) is -3.81. The van der Waals surface area contributed by atoms with Crippen LogP contribution in [0.3, 0.4) is 0 Å². The summed E-state index contributed by atoms with van der Waals surface area (Å²) in [6, 6.07) is 13.6. The van der Waals surface area contributed by atoms with Crippen molar-refractivity contribution in [1.29, 1.82) is 0 Å². The highest BCUT2D eigenvalue weighted by Crippen LogP contribution is 2.28. The average Bonchev–Trinajstić information content (AvgIpc) is 3.19. The van der Waals surface area contributed by atoms with E-state index in [-0.39, 0.29) is 16.2 Å². The van der Waals surface area contributed by atoms with Crippen LogP contribution in [0.4, 0.5) is 5.69 Å². The fraction of sp³-hybridized carbons (Fsp3) is 0.261. The fourth-order valence-electron chi connectivity index (χ4n) is 2.97. The zero-order valence-corrected chi connectivity index (χ0v) is 18.3. The van der Waals surface area contributed by atoms with Gasteiger partial charge in [0.15, 0.2) is 0 Å². The minimum Gasteiger partial charge on any atom is -0.472 e. The van der Waals surface area contributed by atoms with Gasteiger partial charge in [0.2, 0.25) is 0 Å². The lowest BCUT2D eigenvalue weighted by molar-refractivity contribution is 0.0951. The van der Waals surface area contributed by atoms with Gasteiger partial charge in [0.1, 0.15) is 0 Å². The predicted octanol–water partition coefficient (Wildman–Crippen LogP) is 4.62. The molecule has 7 heteroatoms. The number of furan rings is 1. The summed E-state index contributed by atoms with van der Waals surface area (Å²) in [6.07, 6.45) is 3.09. The molecule has 2 aromatic carbocycles. The Hall–Kier alpha value is -3.06. The molecule has 0 unspecified atom stereocenters. The third-order valence-electron chi connectivity index (χ3n) is 4.75. The molecule has 0 saturated heterocycles. The van der Waals surface area contributed by atoms with Gasteiger partial charge in [0, 0.05) is 23.4 Å². The SMILES string of the molecule is Cc1ccc(C(C)(C)C)cc1S(=O)(=O)Nc1cccc(C(=O)NCc2ccoc2)c1. The van der Waals surface area contributed by atoms with Crippen LogP contribution in [0.2, 0.25) is 0 Å². The van der Waals surface area contributed by atoms with E-state index in [1.165, 1.54) is 12.3 Å². The Kier molecular flexibility index (Phi) is 6.03. The van der Waals surface area contributed by atoms with Gasteiger partial charge in [0.05, 0.1) is 17.4 Å². The molecule has 0 radical (unpaired) electrons. The second-order valence-corrected chi connectivity index (χ2v) is 9.88. The minimum absolute atomic E-state index is 0.176. The molecule has 2 N–H and O–H groups in total. The van der Waals surface area contributed by atoms with E-state index in [4.69, 9.17) is 4.42 Å². The molecular weight excluding hydrogens is 400 g/mol. The first kappa shape index (κ1) is 21.6. The van der Waals surface area contributed by atoms with Gasteiger partial charge in [-0.15, -0.1) is 0 Å². The quantitative estimate of drug-likeness (QED) is 0.602. The second kappa shape index (κ2) is 8.36. The first-order chi connectivity index (χ1) is 14.1. The number of rotatable bonds is 6. The molecule has 0 saturated carbocycles. The van der Waals surface area contributed by atoms with Crippen LogP contribution in [0.5, 0.6) is 0 Å². The molecule has 158 valence electrons. The van der Waals surface area contributed by atoms with Crippen molar-refractivity contribution in [1.82, 2.24) is 5.32 Å². The molecule has 0 spiro atoms. The molecule has 3 aromatic rings. The van der Waals surface area contributed by atoms with Crippen molar-refractivity contribution in [2.75, 3.05) is 4.72 Å². The van der Waals surface area contributed by atoms with Gasteiger partial charge >= 0.3 is 0 Å². The van der Waals surface area contributed by atoms with Crippen molar-refractivity contribution in [3.05, 3.63) is 83.3 Å². The van der Waals surface area contributed by atoms with Crippen molar-refractivity contribution >= 4 is 21.6 Å². The number of carbonyl (C=O) groups excluding carboxylic acids is 1. The van der Waals surface area contributed by atoms with E-state index in [0.717, 1.165) is 11.1 Å². The molecule has 0 atom stereocenters. The van der Waals surface area contributed by atoms with Gasteiger partial charge in [-0.05, 0) is 53.8 Å². The smallest absolute Gasteiger partial charge is 0.262 e. The summed E-state index contributed by atoms with van der Waals surface area (Å²) >= 11 is 0. The highest BCUT2D eigenvalue weighted by atomic mass is 32.2. The number of aryl methyl sites for hydroxylation is 1. The number of sulfonamides is 1. The largest absolute Gasteiger partial charge is 0.472 e. The lowest BCUT2D eigenvalue weighted by Crippen LogP contribution is -2.23. The summed E-state index contributed by atoms with van der Waals surface area (Å²) < 4.78 is 33.7. The van der Waals surface area contributed by atoms with Gasteiger partial charge in [0.25, 0.3) is 15.9 Å². The summed E-state index contributed by atoms with van der Waals surface area (Å²) in [5.74, 6) is -0.303. The lowest BCUT2D eigenvalue weighted by atomic mass is 9.87. The van der Waals surface area contributed by atoms with Crippen molar-refractivity contribution in [3.63, 3.8) is 0 Å². The molecule has 30 heavy (non-hydrogen) atoms. The Balaban J connectivity index is 1.80. The number of amides is 1. The molecular formula is C23H26N2O4S. The first-order valence-corrected chi connectivity index (χ1v) is 11.1. The number of nitrogens with one attached hydrogen (secondary N) is 2. The molecule has 0 fully saturated rings. The molecule has 0 aliphatic carbocycles. The molecule has 0 bridgehead atoms. The van der Waals surface area contributed by atoms with E-state index in [9.17, 15) is 13.2 Å². The Morgan fingerprint density at radius 3 is 2.50 bits per heavy atom. The maximum absolute atomic E-state index is 13.0. The molecule has 3 rings (SSSR count). The van der Waals surface area contributed by atoms with Crippen molar-refractivity contribution < 1.29 is 17.6 Å². The van der Waals surface area contributed by atoms with Gasteiger partial charge in [-0.25, -0.2) is 8.42 Å². The van der Waals surface area contributed by atoms with E-state index >= 15 is 0 Å². The van der Waals surface area contributed by atoms with E-state index in [2.05, 4.69) is 10.0 Å². The van der Waals surface area contributed by atoms with Crippen LogP contribution in [-0.4, -0.2) is 14.3 Å². The van der Waals surface area contributed by atoms with E-state index in [0.29, 0.717) is 23.4 Å². The maximum atomic E-state index is 13.0. The second-order valence-electron chi connectivity index (χ2n) is 8.23. The summed E-state index contributed by atoms with van der Waals surface area (Å²) in [6.45, 7) is 8.19. The predicted molar refractivity (Wildman–Crippen MR) is 117 cm³/mol. The van der Waals surface area contributed by atoms with Crippen LogP contribution in [0.15, 0.2) is 70.4 Å². The molecule has 0 aliphatic rings. The van der Waals surface area contributed by atoms with Crippen molar-refractivity contribution in [2.45, 2.75) is 44.6 Å². The first-order valence-electron chi connectivity index (χ1n) is 9.59. The monoisotopic (exact) mass is 426 g/mol. The third-order valence-corrected chi connectivity index (χ3v) is 6.28. The number of hydrogen-bond donors (Lipinski definition) is 2. The zero-order chi connectivity index (χ0) is 21.9. The molecule has 1 aromatic heterocycles. The number of carbonyl (C=O) groups is 1. The van der Waals surface area contributed by atoms with E-state index in [1.54, 1.807) is 43.5 Å². The van der Waals surface area contributed by atoms with Crippen LogP contribution in [0.25, 0.3) is 0 Å². The topological polar surface area (TPSA) is 88.4 Å². The standard InChI is InChI=1S/C23H26N2O4S/c1-16-8-9-19(23(2,3)4)13-21(16)30(27,28)25-20-7-5-6-18(12-20)22(26)24-14-17-10-11-29-15-17/h5-13,15,25H,14H2,1-4H3,(H,24,26). The maximum Gasteiger partial charge on any atom is 0.262 e. The van der Waals surface area contributed by atoms with Crippen LogP contribution in [0, 0.1) is 6.92 Å². The van der Waals surface area contributed by atoms with Gasteiger partial charge < -0.3 is 9.73 Å². The number of anilines is 1. The Labute approximate surface area is 177 Å².